The van der Waals surface area contributed by atoms with Gasteiger partial charge in [0.1, 0.15) is 11.9 Å². The van der Waals surface area contributed by atoms with Crippen molar-refractivity contribution in [3.8, 4) is 0 Å². The van der Waals surface area contributed by atoms with Gasteiger partial charge >= 0.3 is 0 Å². The van der Waals surface area contributed by atoms with Gasteiger partial charge in [0, 0.05) is 74.6 Å². The van der Waals surface area contributed by atoms with Gasteiger partial charge < -0.3 is 19.9 Å². The Labute approximate surface area is 199 Å². The lowest BCUT2D eigenvalue weighted by atomic mass is 10.0. The van der Waals surface area contributed by atoms with Gasteiger partial charge in [0.15, 0.2) is 0 Å². The van der Waals surface area contributed by atoms with Crippen molar-refractivity contribution in [2.75, 3.05) is 56.2 Å². The number of carbonyl (C=O) groups excluding carboxylic acids is 2. The van der Waals surface area contributed by atoms with E-state index in [1.807, 2.05) is 23.1 Å². The third-order valence-corrected chi connectivity index (χ3v) is 7.48. The number of hydrogen-bond acceptors (Lipinski definition) is 6. The predicted molar refractivity (Wildman–Crippen MR) is 129 cm³/mol. The van der Waals surface area contributed by atoms with Crippen LogP contribution >= 0.6 is 0 Å². The molecule has 0 aliphatic carbocycles. The lowest BCUT2D eigenvalue weighted by Crippen LogP contribution is -2.49. The molecule has 4 aliphatic heterocycles. The van der Waals surface area contributed by atoms with Crippen molar-refractivity contribution in [1.29, 1.82) is 0 Å². The van der Waals surface area contributed by atoms with Crippen LogP contribution in [0.2, 0.25) is 0 Å². The van der Waals surface area contributed by atoms with Crippen molar-refractivity contribution in [2.24, 2.45) is 11.8 Å². The Bertz CT molecular complexity index is 1110. The molecule has 176 valence electrons. The smallest absolute Gasteiger partial charge is 0.246 e. The number of ether oxygens (including phenoxy) is 1. The first-order valence-corrected chi connectivity index (χ1v) is 12.0. The quantitative estimate of drug-likeness (QED) is 0.706. The average Bonchev–Trinajstić information content (AvgIpc) is 3.40. The van der Waals surface area contributed by atoms with E-state index >= 15 is 0 Å². The lowest BCUT2D eigenvalue weighted by molar-refractivity contribution is -0.127. The van der Waals surface area contributed by atoms with Crippen LogP contribution in [-0.4, -0.2) is 78.6 Å². The Hall–Kier alpha value is -3.23. The number of hydrogen-bond donors (Lipinski definition) is 1. The second-order valence-electron chi connectivity index (χ2n) is 9.66. The monoisotopic (exact) mass is 459 g/mol. The fourth-order valence-corrected chi connectivity index (χ4v) is 5.64. The molecule has 1 aromatic heterocycles. The van der Waals surface area contributed by atoms with Crippen LogP contribution in [0.15, 0.2) is 48.7 Å². The lowest BCUT2D eigenvalue weighted by Gasteiger charge is -2.32. The SMILES string of the molecule is O=C1Nc2ncc(C=CC(=O)N3CC4CN(c5ccccc5)CC4C3)cc2CN2CCOCC12. The van der Waals surface area contributed by atoms with E-state index in [2.05, 4.69) is 44.4 Å². The predicted octanol–water partition coefficient (Wildman–Crippen LogP) is 1.84. The van der Waals surface area contributed by atoms with Crippen molar-refractivity contribution < 1.29 is 14.3 Å². The van der Waals surface area contributed by atoms with E-state index in [0.29, 0.717) is 37.4 Å². The molecule has 2 amide bonds. The third-order valence-electron chi connectivity index (χ3n) is 7.48. The maximum absolute atomic E-state index is 12.9. The molecule has 1 N–H and O–H groups in total. The van der Waals surface area contributed by atoms with Crippen molar-refractivity contribution >= 4 is 29.4 Å². The number of carbonyl (C=O) groups is 2. The zero-order valence-corrected chi connectivity index (χ0v) is 19.1. The molecule has 0 spiro atoms. The van der Waals surface area contributed by atoms with Crippen LogP contribution < -0.4 is 10.2 Å². The molecule has 1 aromatic carbocycles. The first-order chi connectivity index (χ1) is 16.6. The van der Waals surface area contributed by atoms with Gasteiger partial charge in [-0.2, -0.15) is 0 Å². The number of nitrogens with one attached hydrogen (secondary N) is 1. The van der Waals surface area contributed by atoms with Crippen molar-refractivity contribution in [2.45, 2.75) is 12.6 Å². The number of para-hydroxylation sites is 1. The van der Waals surface area contributed by atoms with Crippen LogP contribution in [0.1, 0.15) is 11.1 Å². The van der Waals surface area contributed by atoms with E-state index in [-0.39, 0.29) is 17.9 Å². The normalized spacial score (nSPS) is 26.7. The topological polar surface area (TPSA) is 78.0 Å². The van der Waals surface area contributed by atoms with Crippen LogP contribution in [0, 0.1) is 11.8 Å². The number of nitrogens with zero attached hydrogens (tertiary/aromatic N) is 4. The summed E-state index contributed by atoms with van der Waals surface area (Å²) in [5, 5.41) is 2.92. The molecular weight excluding hydrogens is 430 g/mol. The molecular formula is C26H29N5O3. The molecule has 5 heterocycles. The molecule has 0 radical (unpaired) electrons. The molecule has 0 saturated carbocycles. The Morgan fingerprint density at radius 1 is 1.12 bits per heavy atom. The summed E-state index contributed by atoms with van der Waals surface area (Å²) in [6.45, 7) is 6.02. The zero-order chi connectivity index (χ0) is 23.1. The standard InChI is InChI=1S/C26H29N5O3/c32-24(31-15-20-13-30(14-21(20)16-31)22-4-2-1-3-5-22)7-6-18-10-19-12-29-8-9-34-17-23(29)26(33)28-25(19)27-11-18/h1-7,10-11,20-21,23H,8-9,12-17H2,(H,27,28,33). The molecule has 34 heavy (non-hydrogen) atoms. The summed E-state index contributed by atoms with van der Waals surface area (Å²) in [6.07, 6.45) is 5.20. The summed E-state index contributed by atoms with van der Waals surface area (Å²) in [5.41, 5.74) is 3.09. The Morgan fingerprint density at radius 2 is 1.91 bits per heavy atom. The molecule has 0 bridgehead atoms. The number of pyridine rings is 1. The Kier molecular flexibility index (Phi) is 5.55. The molecule has 8 nitrogen and oxygen atoms in total. The van der Waals surface area contributed by atoms with Crippen LogP contribution in [0.25, 0.3) is 6.08 Å². The largest absolute Gasteiger partial charge is 0.378 e. The van der Waals surface area contributed by atoms with E-state index in [4.69, 9.17) is 4.74 Å². The minimum absolute atomic E-state index is 0.0529. The minimum atomic E-state index is -0.282. The number of rotatable bonds is 3. The number of likely N-dealkylation sites (tertiary alicyclic amines) is 1. The number of benzene rings is 1. The third kappa shape index (κ3) is 4.08. The van der Waals surface area contributed by atoms with E-state index in [9.17, 15) is 9.59 Å². The number of amides is 2. The summed E-state index contributed by atoms with van der Waals surface area (Å²) >= 11 is 0. The van der Waals surface area contributed by atoms with Gasteiger partial charge in [0.25, 0.3) is 0 Å². The second kappa shape index (κ2) is 8.85. The maximum atomic E-state index is 12.9. The molecule has 3 unspecified atom stereocenters. The van der Waals surface area contributed by atoms with Gasteiger partial charge in [0.2, 0.25) is 11.8 Å². The Morgan fingerprint density at radius 3 is 2.71 bits per heavy atom. The van der Waals surface area contributed by atoms with Gasteiger partial charge in [-0.15, -0.1) is 0 Å². The van der Waals surface area contributed by atoms with E-state index in [1.54, 1.807) is 12.3 Å². The van der Waals surface area contributed by atoms with Gasteiger partial charge in [-0.1, -0.05) is 18.2 Å². The van der Waals surface area contributed by atoms with Crippen molar-refractivity contribution in [3.05, 3.63) is 59.8 Å². The molecule has 8 heteroatoms. The second-order valence-corrected chi connectivity index (χ2v) is 9.66. The number of fused-ring (bicyclic) bond motifs is 3. The van der Waals surface area contributed by atoms with Gasteiger partial charge in [-0.3, -0.25) is 14.5 Å². The number of anilines is 2. The zero-order valence-electron chi connectivity index (χ0n) is 19.1. The highest BCUT2D eigenvalue weighted by Gasteiger charge is 2.41. The summed E-state index contributed by atoms with van der Waals surface area (Å²) in [6, 6.07) is 12.3. The summed E-state index contributed by atoms with van der Waals surface area (Å²) in [7, 11) is 0. The highest BCUT2D eigenvalue weighted by molar-refractivity contribution is 5.96. The first kappa shape index (κ1) is 21.3. The fraction of sp³-hybridized carbons (Fsp3) is 0.423. The van der Waals surface area contributed by atoms with Gasteiger partial charge in [0.05, 0.1) is 13.2 Å². The van der Waals surface area contributed by atoms with Gasteiger partial charge in [-0.05, 0) is 29.8 Å². The van der Waals surface area contributed by atoms with Crippen LogP contribution in [0.5, 0.6) is 0 Å². The average molecular weight is 460 g/mol. The van der Waals surface area contributed by atoms with Crippen molar-refractivity contribution in [1.82, 2.24) is 14.8 Å². The molecule has 2 aromatic rings. The molecule has 3 atom stereocenters. The number of aromatic nitrogens is 1. The summed E-state index contributed by atoms with van der Waals surface area (Å²) < 4.78 is 5.48. The van der Waals surface area contributed by atoms with Crippen LogP contribution in [0.3, 0.4) is 0 Å². The fourth-order valence-electron chi connectivity index (χ4n) is 5.64. The first-order valence-electron chi connectivity index (χ1n) is 12.0. The molecule has 4 aliphatic rings. The highest BCUT2D eigenvalue weighted by atomic mass is 16.5. The highest BCUT2D eigenvalue weighted by Crippen LogP contribution is 2.34. The summed E-state index contributed by atoms with van der Waals surface area (Å²) in [5.74, 6) is 1.62. The van der Waals surface area contributed by atoms with Crippen LogP contribution in [-0.2, 0) is 20.9 Å². The molecule has 3 fully saturated rings. The molecule has 6 rings (SSSR count). The minimum Gasteiger partial charge on any atom is -0.378 e. The van der Waals surface area contributed by atoms with E-state index in [0.717, 1.165) is 43.9 Å². The van der Waals surface area contributed by atoms with E-state index in [1.165, 1.54) is 5.69 Å². The van der Waals surface area contributed by atoms with Gasteiger partial charge in [-0.25, -0.2) is 4.98 Å². The van der Waals surface area contributed by atoms with Crippen LogP contribution in [0.4, 0.5) is 11.5 Å². The molecule has 3 saturated heterocycles. The number of morpholine rings is 1. The maximum Gasteiger partial charge on any atom is 0.246 e. The summed E-state index contributed by atoms with van der Waals surface area (Å²) in [4.78, 5) is 36.4. The van der Waals surface area contributed by atoms with E-state index < -0.39 is 0 Å². The Balaban J connectivity index is 1.09. The van der Waals surface area contributed by atoms with Crippen molar-refractivity contribution in [3.63, 3.8) is 0 Å².